The molecule has 2 heterocycles. The maximum absolute atomic E-state index is 11.9. The average Bonchev–Trinajstić information content (AvgIpc) is 2.89. The van der Waals surface area contributed by atoms with Crippen LogP contribution in [0.4, 0.5) is 0 Å². The van der Waals surface area contributed by atoms with Gasteiger partial charge in [-0.15, -0.1) is 0 Å². The zero-order valence-electron chi connectivity index (χ0n) is 10.6. The van der Waals surface area contributed by atoms with Crippen LogP contribution in [0.15, 0.2) is 24.5 Å². The summed E-state index contributed by atoms with van der Waals surface area (Å²) in [6.07, 6.45) is 2.59. The second-order valence-electron chi connectivity index (χ2n) is 4.55. The van der Waals surface area contributed by atoms with Crippen molar-refractivity contribution in [3.8, 4) is 0 Å². The Morgan fingerprint density at radius 1 is 1.47 bits per heavy atom. The third-order valence-electron chi connectivity index (χ3n) is 3.13. The van der Waals surface area contributed by atoms with Crippen molar-refractivity contribution in [2.24, 2.45) is 0 Å². The van der Waals surface area contributed by atoms with Gasteiger partial charge in [-0.25, -0.2) is 4.79 Å². The number of carbonyl (C=O) groups is 2. The van der Waals surface area contributed by atoms with Gasteiger partial charge in [0.15, 0.2) is 6.10 Å². The number of carboxylic acid groups (broad SMARTS) is 1. The largest absolute Gasteiger partial charge is 0.479 e. The molecular weight excluding hydrogens is 248 g/mol. The number of nitrogens with zero attached hydrogens (tertiary/aromatic N) is 1. The van der Waals surface area contributed by atoms with Crippen LogP contribution in [0.2, 0.25) is 0 Å². The van der Waals surface area contributed by atoms with Gasteiger partial charge in [-0.05, 0) is 31.4 Å². The molecule has 1 aliphatic heterocycles. The van der Waals surface area contributed by atoms with Crippen molar-refractivity contribution in [3.63, 3.8) is 0 Å². The molecule has 1 unspecified atom stereocenters. The molecule has 6 heteroatoms. The summed E-state index contributed by atoms with van der Waals surface area (Å²) in [6.45, 7) is 1.85. The van der Waals surface area contributed by atoms with Gasteiger partial charge in [-0.3, -0.25) is 9.78 Å². The molecular formula is C13H16N2O4. The van der Waals surface area contributed by atoms with Crippen molar-refractivity contribution in [2.45, 2.75) is 38.0 Å². The van der Waals surface area contributed by atoms with Crippen molar-refractivity contribution in [1.29, 1.82) is 0 Å². The fourth-order valence-corrected chi connectivity index (χ4v) is 2.03. The van der Waals surface area contributed by atoms with Gasteiger partial charge >= 0.3 is 5.97 Å². The molecule has 2 rings (SSSR count). The number of amides is 1. The minimum atomic E-state index is -1.02. The summed E-state index contributed by atoms with van der Waals surface area (Å²) < 4.78 is 5.19. The predicted molar refractivity (Wildman–Crippen MR) is 66.3 cm³/mol. The monoisotopic (exact) mass is 264 g/mol. The number of ether oxygens (including phenoxy) is 1. The van der Waals surface area contributed by atoms with E-state index in [4.69, 9.17) is 9.84 Å². The number of aliphatic carboxylic acids is 1. The van der Waals surface area contributed by atoms with E-state index in [1.165, 1.54) is 0 Å². The van der Waals surface area contributed by atoms with Gasteiger partial charge in [0.25, 0.3) is 0 Å². The van der Waals surface area contributed by atoms with Crippen LogP contribution >= 0.6 is 0 Å². The van der Waals surface area contributed by atoms with E-state index in [1.807, 2.05) is 13.0 Å². The highest BCUT2D eigenvalue weighted by molar-refractivity contribution is 5.82. The Labute approximate surface area is 110 Å². The Kier molecular flexibility index (Phi) is 4.11. The SMILES string of the molecule is CC(NC(=O)[C@@H]1CC[C@H](C(=O)O)O1)c1cccnc1. The van der Waals surface area contributed by atoms with Crippen molar-refractivity contribution in [3.05, 3.63) is 30.1 Å². The lowest BCUT2D eigenvalue weighted by Gasteiger charge is -2.17. The molecule has 0 saturated carbocycles. The third kappa shape index (κ3) is 3.29. The van der Waals surface area contributed by atoms with E-state index in [2.05, 4.69) is 10.3 Å². The molecule has 0 bridgehead atoms. The third-order valence-corrected chi connectivity index (χ3v) is 3.13. The smallest absolute Gasteiger partial charge is 0.332 e. The molecule has 1 aromatic rings. The van der Waals surface area contributed by atoms with Crippen LogP contribution in [0.3, 0.4) is 0 Å². The zero-order chi connectivity index (χ0) is 13.8. The first-order valence-electron chi connectivity index (χ1n) is 6.16. The number of carbonyl (C=O) groups excluding carboxylic acids is 1. The van der Waals surface area contributed by atoms with Gasteiger partial charge in [0, 0.05) is 12.4 Å². The second kappa shape index (κ2) is 5.79. The first-order chi connectivity index (χ1) is 9.08. The Balaban J connectivity index is 1.90. The Morgan fingerprint density at radius 2 is 2.21 bits per heavy atom. The van der Waals surface area contributed by atoms with E-state index in [-0.39, 0.29) is 11.9 Å². The molecule has 1 saturated heterocycles. The van der Waals surface area contributed by atoms with Crippen molar-refractivity contribution in [2.75, 3.05) is 0 Å². The molecule has 102 valence electrons. The fourth-order valence-electron chi connectivity index (χ4n) is 2.03. The van der Waals surface area contributed by atoms with E-state index in [1.54, 1.807) is 18.5 Å². The minimum absolute atomic E-state index is 0.186. The van der Waals surface area contributed by atoms with Gasteiger partial charge < -0.3 is 15.2 Å². The van der Waals surface area contributed by atoms with Crippen molar-refractivity contribution < 1.29 is 19.4 Å². The standard InChI is InChI=1S/C13H16N2O4/c1-8(9-3-2-6-14-7-9)15-12(16)10-4-5-11(19-10)13(17)18/h2-3,6-8,10-11H,4-5H2,1H3,(H,15,16)(H,17,18)/t8?,10-,11+/m0/s1. The first-order valence-corrected chi connectivity index (χ1v) is 6.16. The van der Waals surface area contributed by atoms with Crippen molar-refractivity contribution in [1.82, 2.24) is 10.3 Å². The zero-order valence-corrected chi connectivity index (χ0v) is 10.6. The molecule has 2 N–H and O–H groups in total. The lowest BCUT2D eigenvalue weighted by Crippen LogP contribution is -2.37. The highest BCUT2D eigenvalue weighted by Gasteiger charge is 2.35. The quantitative estimate of drug-likeness (QED) is 0.843. The van der Waals surface area contributed by atoms with Crippen LogP contribution in [-0.4, -0.2) is 34.2 Å². The molecule has 1 amide bonds. The summed E-state index contributed by atoms with van der Waals surface area (Å²) in [4.78, 5) is 26.7. The number of rotatable bonds is 4. The van der Waals surface area contributed by atoms with Gasteiger partial charge in [-0.1, -0.05) is 6.07 Å². The highest BCUT2D eigenvalue weighted by atomic mass is 16.5. The normalized spacial score (nSPS) is 23.8. The van der Waals surface area contributed by atoms with Crippen LogP contribution in [0.5, 0.6) is 0 Å². The van der Waals surface area contributed by atoms with Gasteiger partial charge in [0.2, 0.25) is 5.91 Å². The molecule has 0 aliphatic carbocycles. The second-order valence-corrected chi connectivity index (χ2v) is 4.55. The Bertz CT molecular complexity index is 463. The van der Waals surface area contributed by atoms with Crippen LogP contribution in [-0.2, 0) is 14.3 Å². The van der Waals surface area contributed by atoms with Gasteiger partial charge in [-0.2, -0.15) is 0 Å². The fraction of sp³-hybridized carbons (Fsp3) is 0.462. The molecule has 0 spiro atoms. The molecule has 1 fully saturated rings. The van der Waals surface area contributed by atoms with E-state index in [0.717, 1.165) is 5.56 Å². The summed E-state index contributed by atoms with van der Waals surface area (Å²) >= 11 is 0. The summed E-state index contributed by atoms with van der Waals surface area (Å²) in [6, 6.07) is 3.48. The van der Waals surface area contributed by atoms with Gasteiger partial charge in [0.05, 0.1) is 6.04 Å². The summed E-state index contributed by atoms with van der Waals surface area (Å²) in [5.41, 5.74) is 0.892. The van der Waals surface area contributed by atoms with Crippen LogP contribution in [0, 0.1) is 0 Å². The number of hydrogen-bond acceptors (Lipinski definition) is 4. The number of carboxylic acids is 1. The number of nitrogens with one attached hydrogen (secondary N) is 1. The first kappa shape index (κ1) is 13.5. The molecule has 19 heavy (non-hydrogen) atoms. The van der Waals surface area contributed by atoms with E-state index in [0.29, 0.717) is 12.8 Å². The summed E-state index contributed by atoms with van der Waals surface area (Å²) in [5, 5.41) is 11.6. The molecule has 0 aromatic carbocycles. The van der Waals surface area contributed by atoms with Crippen LogP contribution < -0.4 is 5.32 Å². The lowest BCUT2D eigenvalue weighted by molar-refractivity contribution is -0.151. The molecule has 6 nitrogen and oxygen atoms in total. The maximum Gasteiger partial charge on any atom is 0.332 e. The molecule has 1 aliphatic rings. The van der Waals surface area contributed by atoms with Crippen LogP contribution in [0.1, 0.15) is 31.4 Å². The number of aromatic nitrogens is 1. The molecule has 1 aromatic heterocycles. The maximum atomic E-state index is 11.9. The van der Waals surface area contributed by atoms with Crippen molar-refractivity contribution >= 4 is 11.9 Å². The van der Waals surface area contributed by atoms with Crippen LogP contribution in [0.25, 0.3) is 0 Å². The van der Waals surface area contributed by atoms with E-state index < -0.39 is 18.2 Å². The summed E-state index contributed by atoms with van der Waals surface area (Å²) in [7, 11) is 0. The Morgan fingerprint density at radius 3 is 2.79 bits per heavy atom. The number of pyridine rings is 1. The predicted octanol–water partition coefficient (Wildman–Crippen LogP) is 0.891. The summed E-state index contributed by atoms with van der Waals surface area (Å²) in [5.74, 6) is -1.30. The highest BCUT2D eigenvalue weighted by Crippen LogP contribution is 2.21. The topological polar surface area (TPSA) is 88.5 Å². The molecule has 0 radical (unpaired) electrons. The van der Waals surface area contributed by atoms with Gasteiger partial charge in [0.1, 0.15) is 6.10 Å². The lowest BCUT2D eigenvalue weighted by atomic mass is 10.1. The minimum Gasteiger partial charge on any atom is -0.479 e. The average molecular weight is 264 g/mol. The van der Waals surface area contributed by atoms with E-state index >= 15 is 0 Å². The Hall–Kier alpha value is -1.95. The number of hydrogen-bond donors (Lipinski definition) is 2. The molecule has 3 atom stereocenters. The van der Waals surface area contributed by atoms with E-state index in [9.17, 15) is 9.59 Å².